The molecule has 1 aromatic heterocycles. The first-order valence-electron chi connectivity index (χ1n) is 8.53. The Morgan fingerprint density at radius 2 is 1.97 bits per heavy atom. The third kappa shape index (κ3) is 3.59. The van der Waals surface area contributed by atoms with E-state index in [4.69, 9.17) is 0 Å². The largest absolute Gasteiger partial charge is 0.419 e. The molecule has 1 fully saturated rings. The maximum absolute atomic E-state index is 14.2. The zero-order valence-electron chi connectivity index (χ0n) is 14.6. The zero-order chi connectivity index (χ0) is 21.0. The number of fused-ring (bicyclic) bond motifs is 2. The highest BCUT2D eigenvalue weighted by molar-refractivity contribution is 9.10. The Morgan fingerprint density at radius 1 is 1.31 bits per heavy atom. The third-order valence-electron chi connectivity index (χ3n) is 5.06. The van der Waals surface area contributed by atoms with E-state index in [1.54, 1.807) is 18.2 Å². The average Bonchev–Trinajstić information content (AvgIpc) is 3.29. The van der Waals surface area contributed by atoms with Crippen LogP contribution in [0.1, 0.15) is 27.9 Å². The molecule has 2 heterocycles. The summed E-state index contributed by atoms with van der Waals surface area (Å²) < 4.78 is 52.6. The van der Waals surface area contributed by atoms with Gasteiger partial charge < -0.3 is 4.90 Å². The Bertz CT molecular complexity index is 998. The number of benzene rings is 1. The monoisotopic (exact) mass is 472 g/mol. The molecule has 11 heteroatoms. The van der Waals surface area contributed by atoms with Crippen molar-refractivity contribution in [3.63, 3.8) is 0 Å². The maximum Gasteiger partial charge on any atom is 0.419 e. The molecule has 1 aliphatic carbocycles. The molecule has 1 aliphatic heterocycles. The molecule has 1 saturated carbocycles. The number of nitrogens with one attached hydrogen (secondary N) is 1. The number of anilines is 1. The van der Waals surface area contributed by atoms with Gasteiger partial charge in [-0.25, -0.2) is 14.4 Å². The molecule has 4 rings (SSSR count). The topological polar surface area (TPSA) is 75.2 Å². The Morgan fingerprint density at radius 3 is 2.55 bits per heavy atom. The number of hydrogen-bond donors (Lipinski definition) is 1. The lowest BCUT2D eigenvalue weighted by atomic mass is 9.86. The summed E-state index contributed by atoms with van der Waals surface area (Å²) in [5, 5.41) is 2.26. The van der Waals surface area contributed by atoms with Gasteiger partial charge in [0, 0.05) is 34.4 Å². The smallest absolute Gasteiger partial charge is 0.328 e. The van der Waals surface area contributed by atoms with Crippen molar-refractivity contribution in [3.8, 4) is 0 Å². The highest BCUT2D eigenvalue weighted by Crippen LogP contribution is 2.54. The van der Waals surface area contributed by atoms with E-state index in [0.29, 0.717) is 23.5 Å². The van der Waals surface area contributed by atoms with Gasteiger partial charge in [-0.15, -0.1) is 0 Å². The minimum Gasteiger partial charge on any atom is -0.328 e. The van der Waals surface area contributed by atoms with Crippen LogP contribution in [0.2, 0.25) is 0 Å². The van der Waals surface area contributed by atoms with Crippen molar-refractivity contribution in [3.05, 3.63) is 51.8 Å². The van der Waals surface area contributed by atoms with Gasteiger partial charge in [0.05, 0.1) is 5.56 Å². The Labute approximate surface area is 170 Å². The van der Waals surface area contributed by atoms with E-state index in [1.807, 2.05) is 0 Å². The van der Waals surface area contributed by atoms with E-state index < -0.39 is 41.7 Å². The number of alkyl halides is 4. The molecule has 0 radical (unpaired) electrons. The van der Waals surface area contributed by atoms with E-state index in [1.165, 1.54) is 4.90 Å². The summed E-state index contributed by atoms with van der Waals surface area (Å²) in [4.78, 5) is 33.2. The van der Waals surface area contributed by atoms with Crippen LogP contribution >= 0.6 is 15.9 Å². The summed E-state index contributed by atoms with van der Waals surface area (Å²) in [5.41, 5.74) is -0.933. The van der Waals surface area contributed by atoms with Crippen LogP contribution in [-0.2, 0) is 16.4 Å². The van der Waals surface area contributed by atoms with Gasteiger partial charge in [-0.3, -0.25) is 14.9 Å². The van der Waals surface area contributed by atoms with Crippen molar-refractivity contribution in [2.45, 2.75) is 24.2 Å². The Kier molecular flexibility index (Phi) is 4.60. The molecule has 1 N–H and O–H groups in total. The van der Waals surface area contributed by atoms with E-state index in [-0.39, 0.29) is 18.9 Å². The highest BCUT2D eigenvalue weighted by atomic mass is 79.9. The number of nitrogens with zero attached hydrogens (tertiary/aromatic N) is 3. The molecule has 0 bridgehead atoms. The normalized spacial score (nSPS) is 23.1. The van der Waals surface area contributed by atoms with Crippen LogP contribution in [-0.4, -0.2) is 45.9 Å². The second kappa shape index (κ2) is 6.75. The molecule has 0 unspecified atom stereocenters. The average molecular weight is 473 g/mol. The summed E-state index contributed by atoms with van der Waals surface area (Å²) in [6, 6.07) is 4.97. The van der Waals surface area contributed by atoms with Gasteiger partial charge in [-0.1, -0.05) is 15.9 Å². The van der Waals surface area contributed by atoms with Crippen LogP contribution in [0.25, 0.3) is 0 Å². The molecule has 1 spiro atoms. The SMILES string of the molecule is O=C(CN1C[C@@]2(C[C@H]2F)c2cc(Br)ccc2C1=O)Nc1ncc(C(F)(F)F)cn1. The molecule has 1 aromatic carbocycles. The molecular weight excluding hydrogens is 460 g/mol. The van der Waals surface area contributed by atoms with Gasteiger partial charge in [0.15, 0.2) is 0 Å². The Balaban J connectivity index is 1.49. The van der Waals surface area contributed by atoms with Crippen LogP contribution in [0.4, 0.5) is 23.5 Å². The van der Waals surface area contributed by atoms with Gasteiger partial charge in [-0.2, -0.15) is 13.2 Å². The zero-order valence-corrected chi connectivity index (χ0v) is 16.2. The van der Waals surface area contributed by atoms with Crippen LogP contribution in [0.5, 0.6) is 0 Å². The van der Waals surface area contributed by atoms with Crippen LogP contribution in [0, 0.1) is 0 Å². The fourth-order valence-electron chi connectivity index (χ4n) is 3.49. The number of aromatic nitrogens is 2. The molecular formula is C18H13BrF4N4O2. The van der Waals surface area contributed by atoms with Crippen LogP contribution in [0.3, 0.4) is 0 Å². The van der Waals surface area contributed by atoms with Gasteiger partial charge in [-0.05, 0) is 30.2 Å². The minimum absolute atomic E-state index is 0.0394. The van der Waals surface area contributed by atoms with Crippen molar-refractivity contribution >= 4 is 33.7 Å². The summed E-state index contributed by atoms with van der Waals surface area (Å²) in [6.07, 6.45) is -4.35. The summed E-state index contributed by atoms with van der Waals surface area (Å²) in [7, 11) is 0. The van der Waals surface area contributed by atoms with Crippen LogP contribution < -0.4 is 5.32 Å². The molecule has 6 nitrogen and oxygen atoms in total. The number of halogens is 5. The van der Waals surface area contributed by atoms with Gasteiger partial charge in [0.25, 0.3) is 5.91 Å². The first-order chi connectivity index (χ1) is 13.6. The highest BCUT2D eigenvalue weighted by Gasteiger charge is 2.61. The summed E-state index contributed by atoms with van der Waals surface area (Å²) in [5.74, 6) is -1.42. The molecule has 29 heavy (non-hydrogen) atoms. The van der Waals surface area contributed by atoms with E-state index in [9.17, 15) is 27.2 Å². The predicted octanol–water partition coefficient (Wildman–Crippen LogP) is 3.33. The Hall–Kier alpha value is -2.56. The number of amides is 2. The second-order valence-corrected chi connectivity index (χ2v) is 7.94. The number of hydrogen-bond acceptors (Lipinski definition) is 4. The number of carbonyl (C=O) groups is 2. The predicted molar refractivity (Wildman–Crippen MR) is 96.9 cm³/mol. The van der Waals surface area contributed by atoms with Crippen molar-refractivity contribution in [1.29, 1.82) is 0 Å². The maximum atomic E-state index is 14.2. The molecule has 2 amide bonds. The first-order valence-corrected chi connectivity index (χ1v) is 9.32. The minimum atomic E-state index is -4.59. The van der Waals surface area contributed by atoms with Crippen molar-refractivity contribution in [1.82, 2.24) is 14.9 Å². The lowest BCUT2D eigenvalue weighted by molar-refractivity contribution is -0.138. The second-order valence-electron chi connectivity index (χ2n) is 7.02. The first kappa shape index (κ1) is 19.7. The number of rotatable bonds is 3. The lowest BCUT2D eigenvalue weighted by Gasteiger charge is -2.34. The number of carbonyl (C=O) groups excluding carboxylic acids is 2. The molecule has 152 valence electrons. The lowest BCUT2D eigenvalue weighted by Crippen LogP contribution is -2.47. The van der Waals surface area contributed by atoms with Crippen molar-refractivity contribution in [2.75, 3.05) is 18.4 Å². The third-order valence-corrected chi connectivity index (χ3v) is 5.55. The molecule has 0 saturated heterocycles. The van der Waals surface area contributed by atoms with E-state index in [0.717, 1.165) is 4.47 Å². The quantitative estimate of drug-likeness (QED) is 0.695. The summed E-state index contributed by atoms with van der Waals surface area (Å²) in [6.45, 7) is -0.356. The van der Waals surface area contributed by atoms with E-state index >= 15 is 0 Å². The van der Waals surface area contributed by atoms with Gasteiger partial charge >= 0.3 is 6.18 Å². The van der Waals surface area contributed by atoms with Crippen molar-refractivity contribution in [2.24, 2.45) is 0 Å². The van der Waals surface area contributed by atoms with Crippen LogP contribution in [0.15, 0.2) is 35.1 Å². The van der Waals surface area contributed by atoms with Gasteiger partial charge in [0.1, 0.15) is 12.7 Å². The van der Waals surface area contributed by atoms with E-state index in [2.05, 4.69) is 31.2 Å². The van der Waals surface area contributed by atoms with Gasteiger partial charge in [0.2, 0.25) is 11.9 Å². The molecule has 2 aromatic rings. The molecule has 2 aliphatic rings. The molecule has 2 atom stereocenters. The van der Waals surface area contributed by atoms with Crippen molar-refractivity contribution < 1.29 is 27.2 Å². The standard InChI is InChI=1S/C18H13BrF4N4O2/c19-10-1-2-11-12(3-10)17(4-13(17)20)8-27(15(11)29)7-14(28)26-16-24-5-9(6-25-16)18(21,22)23/h1-3,5-6,13H,4,7-8H2,(H,24,25,26,28)/t13-,17+/m1/s1. The fourth-order valence-corrected chi connectivity index (χ4v) is 3.85. The summed E-state index contributed by atoms with van der Waals surface area (Å²) >= 11 is 3.32. The fraction of sp³-hybridized carbons (Fsp3) is 0.333.